The number of thioether (sulfide) groups is 1. The fourth-order valence-electron chi connectivity index (χ4n) is 3.25. The normalized spacial score (nSPS) is 11.0. The van der Waals surface area contributed by atoms with Crippen LogP contribution >= 0.6 is 23.1 Å². The van der Waals surface area contributed by atoms with E-state index in [2.05, 4.69) is 69.3 Å². The zero-order valence-electron chi connectivity index (χ0n) is 17.4. The lowest BCUT2D eigenvalue weighted by Crippen LogP contribution is -2.31. The molecule has 30 heavy (non-hydrogen) atoms. The SMILES string of the molecule is Cc1ccc(SCC(=O)N(Cc2ccccc2)c2nc3c(C)ccc(C)c3s2)cc1. The monoisotopic (exact) mass is 432 g/mol. The molecule has 3 aromatic carbocycles. The van der Waals surface area contributed by atoms with Crippen LogP contribution in [0.25, 0.3) is 10.2 Å². The summed E-state index contributed by atoms with van der Waals surface area (Å²) in [6.45, 7) is 6.76. The third-order valence-electron chi connectivity index (χ3n) is 5.03. The number of aromatic nitrogens is 1. The lowest BCUT2D eigenvalue weighted by atomic mass is 10.1. The van der Waals surface area contributed by atoms with Gasteiger partial charge in [-0.15, -0.1) is 11.8 Å². The Morgan fingerprint density at radius 2 is 1.63 bits per heavy atom. The highest BCUT2D eigenvalue weighted by atomic mass is 32.2. The number of hydrogen-bond donors (Lipinski definition) is 0. The molecule has 1 heterocycles. The molecular weight excluding hydrogens is 408 g/mol. The summed E-state index contributed by atoms with van der Waals surface area (Å²) in [5.74, 6) is 0.447. The van der Waals surface area contributed by atoms with Crippen molar-refractivity contribution < 1.29 is 4.79 Å². The molecule has 4 rings (SSSR count). The first kappa shape index (κ1) is 20.6. The summed E-state index contributed by atoms with van der Waals surface area (Å²) in [6.07, 6.45) is 0. The van der Waals surface area contributed by atoms with Gasteiger partial charge >= 0.3 is 0 Å². The minimum absolute atomic E-state index is 0.0683. The first-order valence-corrected chi connectivity index (χ1v) is 11.7. The number of benzene rings is 3. The predicted molar refractivity (Wildman–Crippen MR) is 129 cm³/mol. The van der Waals surface area contributed by atoms with Gasteiger partial charge in [0, 0.05) is 4.90 Å². The maximum Gasteiger partial charge on any atom is 0.239 e. The molecule has 0 aliphatic rings. The zero-order chi connectivity index (χ0) is 21.1. The second-order valence-corrected chi connectivity index (χ2v) is 9.47. The number of rotatable bonds is 6. The van der Waals surface area contributed by atoms with Crippen LogP contribution in [0.1, 0.15) is 22.3 Å². The van der Waals surface area contributed by atoms with Gasteiger partial charge in [0.2, 0.25) is 5.91 Å². The molecule has 1 aromatic heterocycles. The van der Waals surface area contributed by atoms with Crippen molar-refractivity contribution in [3.63, 3.8) is 0 Å². The molecular formula is C25H24N2OS2. The third kappa shape index (κ3) is 4.58. The van der Waals surface area contributed by atoms with Crippen molar-refractivity contribution >= 4 is 44.4 Å². The molecule has 0 atom stereocenters. The van der Waals surface area contributed by atoms with Crippen molar-refractivity contribution in [2.75, 3.05) is 10.7 Å². The number of fused-ring (bicyclic) bond motifs is 1. The average Bonchev–Trinajstić information content (AvgIpc) is 3.21. The van der Waals surface area contributed by atoms with Crippen LogP contribution in [0.15, 0.2) is 71.6 Å². The highest BCUT2D eigenvalue weighted by Crippen LogP contribution is 2.34. The van der Waals surface area contributed by atoms with Crippen LogP contribution in [0, 0.1) is 20.8 Å². The Labute approximate surface area is 185 Å². The van der Waals surface area contributed by atoms with E-state index < -0.39 is 0 Å². The molecule has 3 nitrogen and oxygen atoms in total. The van der Waals surface area contributed by atoms with Gasteiger partial charge in [-0.1, -0.05) is 71.5 Å². The lowest BCUT2D eigenvalue weighted by molar-refractivity contribution is -0.116. The van der Waals surface area contributed by atoms with Gasteiger partial charge in [0.15, 0.2) is 5.13 Å². The Kier molecular flexibility index (Phi) is 6.21. The van der Waals surface area contributed by atoms with E-state index in [0.717, 1.165) is 31.4 Å². The maximum absolute atomic E-state index is 13.3. The van der Waals surface area contributed by atoms with Crippen LogP contribution in [0.2, 0.25) is 0 Å². The van der Waals surface area contributed by atoms with Crippen LogP contribution in [0.5, 0.6) is 0 Å². The average molecular weight is 433 g/mol. The summed E-state index contributed by atoms with van der Waals surface area (Å²) >= 11 is 3.17. The van der Waals surface area contributed by atoms with Gasteiger partial charge in [-0.2, -0.15) is 0 Å². The Morgan fingerprint density at radius 1 is 0.933 bits per heavy atom. The van der Waals surface area contributed by atoms with Gasteiger partial charge in [0.1, 0.15) is 0 Å². The Morgan fingerprint density at radius 3 is 2.33 bits per heavy atom. The van der Waals surface area contributed by atoms with E-state index in [-0.39, 0.29) is 5.91 Å². The molecule has 5 heteroatoms. The van der Waals surface area contributed by atoms with Gasteiger partial charge in [-0.3, -0.25) is 9.69 Å². The smallest absolute Gasteiger partial charge is 0.239 e. The first-order chi connectivity index (χ1) is 14.5. The van der Waals surface area contributed by atoms with Crippen LogP contribution in [-0.2, 0) is 11.3 Å². The molecule has 0 spiro atoms. The van der Waals surface area contributed by atoms with E-state index in [1.54, 1.807) is 23.1 Å². The van der Waals surface area contributed by atoms with Crippen molar-refractivity contribution in [3.8, 4) is 0 Å². The number of amides is 1. The maximum atomic E-state index is 13.3. The summed E-state index contributed by atoms with van der Waals surface area (Å²) < 4.78 is 1.15. The number of aryl methyl sites for hydroxylation is 3. The van der Waals surface area contributed by atoms with Gasteiger partial charge in [0.05, 0.1) is 22.5 Å². The summed E-state index contributed by atoms with van der Waals surface area (Å²) in [5, 5.41) is 0.765. The van der Waals surface area contributed by atoms with Crippen molar-refractivity contribution in [2.24, 2.45) is 0 Å². The molecule has 152 valence electrons. The van der Waals surface area contributed by atoms with Gasteiger partial charge < -0.3 is 0 Å². The molecule has 4 aromatic rings. The quantitative estimate of drug-likeness (QED) is 0.324. The summed E-state index contributed by atoms with van der Waals surface area (Å²) in [5.41, 5.74) is 5.64. The van der Waals surface area contributed by atoms with Crippen molar-refractivity contribution in [1.82, 2.24) is 4.98 Å². The van der Waals surface area contributed by atoms with Crippen molar-refractivity contribution in [3.05, 3.63) is 89.0 Å². The van der Waals surface area contributed by atoms with E-state index in [4.69, 9.17) is 4.98 Å². The number of thiazole rings is 1. The van der Waals surface area contributed by atoms with E-state index >= 15 is 0 Å². The second-order valence-electron chi connectivity index (χ2n) is 7.44. The van der Waals surface area contributed by atoms with E-state index in [9.17, 15) is 4.79 Å². The molecule has 0 bridgehead atoms. The van der Waals surface area contributed by atoms with Gasteiger partial charge in [-0.25, -0.2) is 4.98 Å². The number of hydrogen-bond acceptors (Lipinski definition) is 4. The van der Waals surface area contributed by atoms with Gasteiger partial charge in [-0.05, 0) is 49.6 Å². The van der Waals surface area contributed by atoms with Crippen LogP contribution < -0.4 is 4.90 Å². The molecule has 0 aliphatic carbocycles. The Hall–Kier alpha value is -2.63. The number of carbonyl (C=O) groups is 1. The Balaban J connectivity index is 1.64. The number of anilines is 1. The van der Waals surface area contributed by atoms with Crippen LogP contribution in [0.3, 0.4) is 0 Å². The highest BCUT2D eigenvalue weighted by Gasteiger charge is 2.21. The molecule has 0 aliphatic heterocycles. The van der Waals surface area contributed by atoms with Crippen molar-refractivity contribution in [2.45, 2.75) is 32.2 Å². The number of nitrogens with zero attached hydrogens (tertiary/aromatic N) is 2. The second kappa shape index (κ2) is 9.02. The molecule has 0 saturated heterocycles. The van der Waals surface area contributed by atoms with Crippen molar-refractivity contribution in [1.29, 1.82) is 0 Å². The highest BCUT2D eigenvalue weighted by molar-refractivity contribution is 8.00. The fraction of sp³-hybridized carbons (Fsp3) is 0.200. The zero-order valence-corrected chi connectivity index (χ0v) is 19.0. The molecule has 0 N–H and O–H groups in total. The van der Waals surface area contributed by atoms with Crippen LogP contribution in [-0.4, -0.2) is 16.6 Å². The lowest BCUT2D eigenvalue weighted by Gasteiger charge is -2.20. The predicted octanol–water partition coefficient (Wildman–Crippen LogP) is 6.55. The van der Waals surface area contributed by atoms with E-state index in [1.807, 2.05) is 23.1 Å². The molecule has 0 radical (unpaired) electrons. The minimum Gasteiger partial charge on any atom is -0.283 e. The minimum atomic E-state index is 0.0683. The standard InChI is InChI=1S/C25H24N2OS2/c1-17-9-13-21(14-10-17)29-16-22(28)27(15-20-7-5-4-6-8-20)25-26-23-18(2)11-12-19(3)24(23)30-25/h4-14H,15-16H2,1-3H3. The number of carbonyl (C=O) groups excluding carboxylic acids is 1. The first-order valence-electron chi connectivity index (χ1n) is 9.92. The van der Waals surface area contributed by atoms with Gasteiger partial charge in [0.25, 0.3) is 0 Å². The summed E-state index contributed by atoms with van der Waals surface area (Å²) in [4.78, 5) is 21.1. The molecule has 0 unspecified atom stereocenters. The Bertz CT molecular complexity index is 1130. The summed E-state index contributed by atoms with van der Waals surface area (Å²) in [6, 6.07) is 22.6. The van der Waals surface area contributed by atoms with Crippen LogP contribution in [0.4, 0.5) is 5.13 Å². The summed E-state index contributed by atoms with van der Waals surface area (Å²) in [7, 11) is 0. The van der Waals surface area contributed by atoms with E-state index in [0.29, 0.717) is 12.3 Å². The van der Waals surface area contributed by atoms with E-state index in [1.165, 1.54) is 11.1 Å². The molecule has 1 amide bonds. The molecule has 0 saturated carbocycles. The fourth-order valence-corrected chi connectivity index (χ4v) is 5.15. The topological polar surface area (TPSA) is 33.2 Å². The molecule has 0 fully saturated rings. The third-order valence-corrected chi connectivity index (χ3v) is 7.24. The largest absolute Gasteiger partial charge is 0.283 e.